The third-order valence-electron chi connectivity index (χ3n) is 4.94. The Bertz CT molecular complexity index is 1300. The molecule has 0 aliphatic carbocycles. The maximum Gasteiger partial charge on any atom is 0.250 e. The number of hydrazone groups is 1. The molecular formula is C25H23N5O3S. The number of para-hydroxylation sites is 1. The van der Waals surface area contributed by atoms with Gasteiger partial charge < -0.3 is 9.84 Å². The molecule has 1 heterocycles. The van der Waals surface area contributed by atoms with E-state index in [1.165, 1.54) is 18.0 Å². The largest absolute Gasteiger partial charge is 0.507 e. The van der Waals surface area contributed by atoms with Crippen LogP contribution in [0, 0.1) is 6.92 Å². The summed E-state index contributed by atoms with van der Waals surface area (Å²) in [7, 11) is 1.62. The predicted octanol–water partition coefficient (Wildman–Crippen LogP) is 4.20. The second-order valence-corrected chi connectivity index (χ2v) is 8.29. The topological polar surface area (TPSA) is 102 Å². The van der Waals surface area contributed by atoms with Gasteiger partial charge in [-0.3, -0.25) is 9.36 Å². The quantitative estimate of drug-likeness (QED) is 0.226. The molecule has 1 aromatic heterocycles. The summed E-state index contributed by atoms with van der Waals surface area (Å²) in [5, 5.41) is 23.0. The van der Waals surface area contributed by atoms with Crippen molar-refractivity contribution in [1.29, 1.82) is 0 Å². The van der Waals surface area contributed by atoms with Gasteiger partial charge in [-0.05, 0) is 43.3 Å². The summed E-state index contributed by atoms with van der Waals surface area (Å²) in [6.07, 6.45) is 1.40. The molecular weight excluding hydrogens is 450 g/mol. The van der Waals surface area contributed by atoms with Crippen LogP contribution in [0.4, 0.5) is 0 Å². The zero-order valence-electron chi connectivity index (χ0n) is 18.7. The van der Waals surface area contributed by atoms with Crippen molar-refractivity contribution < 1.29 is 14.6 Å². The number of aryl methyl sites for hydroxylation is 1. The van der Waals surface area contributed by atoms with Crippen molar-refractivity contribution >= 4 is 23.9 Å². The van der Waals surface area contributed by atoms with Crippen LogP contribution in [0.3, 0.4) is 0 Å². The standard InChI is InChI=1S/C25H23N5O3S/c1-17-7-9-18(10-8-17)24-28-29-25(30(24)20-11-13-21(33-2)14-12-20)34-16-23(32)27-26-15-19-5-3-4-6-22(19)31/h3-15,31H,16H2,1-2H3,(H,27,32). The summed E-state index contributed by atoms with van der Waals surface area (Å²) in [4.78, 5) is 12.4. The molecule has 4 rings (SSSR count). The molecule has 4 aromatic rings. The number of thioether (sulfide) groups is 1. The fourth-order valence-corrected chi connectivity index (χ4v) is 3.89. The van der Waals surface area contributed by atoms with Gasteiger partial charge in [-0.1, -0.05) is 53.7 Å². The second kappa shape index (κ2) is 10.7. The van der Waals surface area contributed by atoms with Gasteiger partial charge in [0.1, 0.15) is 11.5 Å². The van der Waals surface area contributed by atoms with Crippen LogP contribution in [0.2, 0.25) is 0 Å². The number of nitrogens with one attached hydrogen (secondary N) is 1. The minimum absolute atomic E-state index is 0.0836. The van der Waals surface area contributed by atoms with Crippen LogP contribution >= 0.6 is 11.8 Å². The van der Waals surface area contributed by atoms with Crippen LogP contribution in [0.5, 0.6) is 11.5 Å². The molecule has 0 fully saturated rings. The van der Waals surface area contributed by atoms with Crippen molar-refractivity contribution in [2.45, 2.75) is 12.1 Å². The first-order chi connectivity index (χ1) is 16.5. The second-order valence-electron chi connectivity index (χ2n) is 7.35. The lowest BCUT2D eigenvalue weighted by Crippen LogP contribution is -2.20. The fourth-order valence-electron chi connectivity index (χ4n) is 3.15. The number of amides is 1. The average Bonchev–Trinajstić information content (AvgIpc) is 3.28. The summed E-state index contributed by atoms with van der Waals surface area (Å²) >= 11 is 1.25. The number of ether oxygens (including phenoxy) is 1. The van der Waals surface area contributed by atoms with E-state index in [1.807, 2.05) is 60.0 Å². The van der Waals surface area contributed by atoms with Crippen LogP contribution in [0.25, 0.3) is 17.1 Å². The van der Waals surface area contributed by atoms with Crippen molar-refractivity contribution in [2.75, 3.05) is 12.9 Å². The zero-order chi connectivity index (χ0) is 23.9. The Balaban J connectivity index is 1.53. The molecule has 0 unspecified atom stereocenters. The zero-order valence-corrected chi connectivity index (χ0v) is 19.5. The first-order valence-electron chi connectivity index (χ1n) is 10.4. The van der Waals surface area contributed by atoms with E-state index in [2.05, 4.69) is 20.7 Å². The lowest BCUT2D eigenvalue weighted by Gasteiger charge is -2.11. The summed E-state index contributed by atoms with van der Waals surface area (Å²) in [6, 6.07) is 22.3. The molecule has 9 heteroatoms. The van der Waals surface area contributed by atoms with Gasteiger partial charge in [0.2, 0.25) is 0 Å². The van der Waals surface area contributed by atoms with Crippen LogP contribution in [0.1, 0.15) is 11.1 Å². The summed E-state index contributed by atoms with van der Waals surface area (Å²) in [5.74, 6) is 1.28. The maximum absolute atomic E-state index is 12.4. The van der Waals surface area contributed by atoms with Crippen molar-refractivity contribution in [3.63, 3.8) is 0 Å². The third kappa shape index (κ3) is 5.44. The Morgan fingerprint density at radius 3 is 2.53 bits per heavy atom. The summed E-state index contributed by atoms with van der Waals surface area (Å²) < 4.78 is 7.18. The number of hydrogen-bond acceptors (Lipinski definition) is 7. The molecule has 0 saturated carbocycles. The van der Waals surface area contributed by atoms with E-state index >= 15 is 0 Å². The number of carbonyl (C=O) groups excluding carboxylic acids is 1. The van der Waals surface area contributed by atoms with Crippen LogP contribution < -0.4 is 10.2 Å². The average molecular weight is 474 g/mol. The number of nitrogens with zero attached hydrogens (tertiary/aromatic N) is 4. The maximum atomic E-state index is 12.4. The Hall–Kier alpha value is -4.11. The molecule has 2 N–H and O–H groups in total. The summed E-state index contributed by atoms with van der Waals surface area (Å²) in [5.41, 5.74) is 5.90. The molecule has 0 saturated heterocycles. The Kier molecular flexibility index (Phi) is 7.24. The highest BCUT2D eigenvalue weighted by atomic mass is 32.2. The molecule has 1 amide bonds. The minimum Gasteiger partial charge on any atom is -0.507 e. The Labute approximate surface area is 201 Å². The van der Waals surface area contributed by atoms with E-state index in [9.17, 15) is 9.90 Å². The smallest absolute Gasteiger partial charge is 0.250 e. The highest BCUT2D eigenvalue weighted by molar-refractivity contribution is 7.99. The van der Waals surface area contributed by atoms with Gasteiger partial charge >= 0.3 is 0 Å². The van der Waals surface area contributed by atoms with Crippen molar-refractivity contribution in [1.82, 2.24) is 20.2 Å². The van der Waals surface area contributed by atoms with Crippen molar-refractivity contribution in [2.24, 2.45) is 5.10 Å². The van der Waals surface area contributed by atoms with E-state index in [-0.39, 0.29) is 17.4 Å². The van der Waals surface area contributed by atoms with Gasteiger partial charge in [0.25, 0.3) is 5.91 Å². The molecule has 0 aliphatic heterocycles. The first kappa shape index (κ1) is 23.1. The Morgan fingerprint density at radius 1 is 1.09 bits per heavy atom. The monoisotopic (exact) mass is 473 g/mol. The van der Waals surface area contributed by atoms with E-state index in [4.69, 9.17) is 4.74 Å². The number of methoxy groups -OCH3 is 1. The normalized spacial score (nSPS) is 11.0. The molecule has 0 aliphatic rings. The number of carbonyl (C=O) groups is 1. The van der Waals surface area contributed by atoms with Gasteiger partial charge in [-0.15, -0.1) is 10.2 Å². The highest BCUT2D eigenvalue weighted by Gasteiger charge is 2.17. The van der Waals surface area contributed by atoms with Gasteiger partial charge in [0, 0.05) is 16.8 Å². The molecule has 172 valence electrons. The molecule has 8 nitrogen and oxygen atoms in total. The van der Waals surface area contributed by atoms with Gasteiger partial charge in [0.05, 0.1) is 19.1 Å². The van der Waals surface area contributed by atoms with Crippen molar-refractivity contribution in [3.05, 3.63) is 83.9 Å². The molecule has 0 atom stereocenters. The number of phenolic OH excluding ortho intramolecular Hbond substituents is 1. The number of benzene rings is 3. The third-order valence-corrected chi connectivity index (χ3v) is 5.86. The lowest BCUT2D eigenvalue weighted by atomic mass is 10.1. The van der Waals surface area contributed by atoms with E-state index < -0.39 is 0 Å². The number of aromatic hydroxyl groups is 1. The highest BCUT2D eigenvalue weighted by Crippen LogP contribution is 2.29. The molecule has 34 heavy (non-hydrogen) atoms. The molecule has 0 bridgehead atoms. The fraction of sp³-hybridized carbons (Fsp3) is 0.120. The van der Waals surface area contributed by atoms with Gasteiger partial charge in [-0.2, -0.15) is 5.10 Å². The minimum atomic E-state index is -0.308. The van der Waals surface area contributed by atoms with E-state index in [0.29, 0.717) is 16.5 Å². The van der Waals surface area contributed by atoms with Crippen LogP contribution in [0.15, 0.2) is 83.1 Å². The number of aromatic nitrogens is 3. The van der Waals surface area contributed by atoms with Gasteiger partial charge in [-0.25, -0.2) is 5.43 Å². The number of phenols is 1. The lowest BCUT2D eigenvalue weighted by molar-refractivity contribution is -0.118. The molecule has 0 spiro atoms. The SMILES string of the molecule is COc1ccc(-n2c(SCC(=O)NN=Cc3ccccc3O)nnc2-c2ccc(C)cc2)cc1. The molecule has 3 aromatic carbocycles. The van der Waals surface area contributed by atoms with Crippen LogP contribution in [-0.2, 0) is 4.79 Å². The predicted molar refractivity (Wildman–Crippen MR) is 133 cm³/mol. The van der Waals surface area contributed by atoms with Crippen molar-refractivity contribution in [3.8, 4) is 28.6 Å². The first-order valence-corrected chi connectivity index (χ1v) is 11.4. The number of rotatable bonds is 8. The Morgan fingerprint density at radius 2 is 1.82 bits per heavy atom. The number of hydrogen-bond donors (Lipinski definition) is 2. The van der Waals surface area contributed by atoms with E-state index in [0.717, 1.165) is 22.6 Å². The molecule has 0 radical (unpaired) electrons. The van der Waals surface area contributed by atoms with Crippen LogP contribution in [-0.4, -0.2) is 44.9 Å². The summed E-state index contributed by atoms with van der Waals surface area (Å²) in [6.45, 7) is 2.03. The van der Waals surface area contributed by atoms with Gasteiger partial charge in [0.15, 0.2) is 11.0 Å². The van der Waals surface area contributed by atoms with E-state index in [1.54, 1.807) is 31.4 Å².